The lowest BCUT2D eigenvalue weighted by atomic mass is 10.1. The van der Waals surface area contributed by atoms with Gasteiger partial charge in [0, 0.05) is 31.7 Å². The number of hydrogen-bond donors (Lipinski definition) is 0. The van der Waals surface area contributed by atoms with Crippen LogP contribution in [0, 0.1) is 12.7 Å². The predicted octanol–water partition coefficient (Wildman–Crippen LogP) is 3.45. The van der Waals surface area contributed by atoms with E-state index in [4.69, 9.17) is 4.74 Å². The first-order valence-electron chi connectivity index (χ1n) is 9.84. The highest BCUT2D eigenvalue weighted by atomic mass is 19.1. The number of carbonyl (C=O) groups is 2. The molecule has 1 amide bonds. The maximum atomic E-state index is 13.1. The summed E-state index contributed by atoms with van der Waals surface area (Å²) in [5, 5.41) is 0. The molecule has 0 saturated carbocycles. The van der Waals surface area contributed by atoms with Gasteiger partial charge in [0.2, 0.25) is 0 Å². The summed E-state index contributed by atoms with van der Waals surface area (Å²) in [6, 6.07) is 12.1. The summed E-state index contributed by atoms with van der Waals surface area (Å²) in [5.41, 5.74) is 2.32. The van der Waals surface area contributed by atoms with E-state index in [1.165, 1.54) is 12.1 Å². The highest BCUT2D eigenvalue weighted by Gasteiger charge is 2.32. The molecule has 1 aliphatic heterocycles. The summed E-state index contributed by atoms with van der Waals surface area (Å²) in [6.07, 6.45) is 0.742. The standard InChI is InChI=1S/C23H27FN2O3/c1-16-5-4-6-20(14-27)23(16)29-15-22(28)26-12-17(2)25(11-18(26)3)13-19-7-9-21(24)10-8-19/h4-10,14,17-18H,11-13,15H2,1-3H3/t17-,18+/m0/s1. The van der Waals surface area contributed by atoms with Crippen molar-refractivity contribution in [2.24, 2.45) is 0 Å². The number of benzene rings is 2. The zero-order valence-corrected chi connectivity index (χ0v) is 17.1. The van der Waals surface area contributed by atoms with Crippen molar-refractivity contribution in [1.29, 1.82) is 0 Å². The SMILES string of the molecule is Cc1cccc(C=O)c1OCC(=O)N1C[C@H](C)N(Cc2ccc(F)cc2)C[C@H]1C. The van der Waals surface area contributed by atoms with E-state index in [1.807, 2.05) is 24.8 Å². The van der Waals surface area contributed by atoms with Crippen LogP contribution in [-0.4, -0.2) is 53.8 Å². The second-order valence-corrected chi connectivity index (χ2v) is 7.70. The maximum Gasteiger partial charge on any atom is 0.260 e. The summed E-state index contributed by atoms with van der Waals surface area (Å²) in [6.45, 7) is 7.91. The molecule has 154 valence electrons. The first kappa shape index (κ1) is 21.0. The second kappa shape index (κ2) is 9.18. The van der Waals surface area contributed by atoms with Gasteiger partial charge in [0.1, 0.15) is 11.6 Å². The van der Waals surface area contributed by atoms with Crippen molar-refractivity contribution in [3.63, 3.8) is 0 Å². The quantitative estimate of drug-likeness (QED) is 0.700. The third-order valence-electron chi connectivity index (χ3n) is 5.44. The molecule has 0 aromatic heterocycles. The number of piperazine rings is 1. The fraction of sp³-hybridized carbons (Fsp3) is 0.391. The van der Waals surface area contributed by atoms with Gasteiger partial charge in [-0.3, -0.25) is 14.5 Å². The molecule has 2 aromatic rings. The maximum absolute atomic E-state index is 13.1. The number of aldehydes is 1. The minimum Gasteiger partial charge on any atom is -0.483 e. The Morgan fingerprint density at radius 3 is 2.55 bits per heavy atom. The topological polar surface area (TPSA) is 49.9 Å². The number of halogens is 1. The minimum absolute atomic E-state index is 0.0326. The first-order chi connectivity index (χ1) is 13.9. The summed E-state index contributed by atoms with van der Waals surface area (Å²) in [7, 11) is 0. The van der Waals surface area contributed by atoms with Crippen LogP contribution in [0.4, 0.5) is 4.39 Å². The van der Waals surface area contributed by atoms with Crippen LogP contribution in [-0.2, 0) is 11.3 Å². The Hall–Kier alpha value is -2.73. The molecule has 6 heteroatoms. The Kier molecular flexibility index (Phi) is 6.64. The van der Waals surface area contributed by atoms with Gasteiger partial charge in [0.15, 0.2) is 12.9 Å². The average Bonchev–Trinajstić information content (AvgIpc) is 2.70. The van der Waals surface area contributed by atoms with Crippen LogP contribution in [0.2, 0.25) is 0 Å². The lowest BCUT2D eigenvalue weighted by Crippen LogP contribution is -2.58. The van der Waals surface area contributed by atoms with Crippen LogP contribution in [0.25, 0.3) is 0 Å². The summed E-state index contributed by atoms with van der Waals surface area (Å²) in [4.78, 5) is 28.2. The first-order valence-corrected chi connectivity index (χ1v) is 9.84. The van der Waals surface area contributed by atoms with E-state index < -0.39 is 0 Å². The van der Waals surface area contributed by atoms with E-state index in [0.29, 0.717) is 17.9 Å². The van der Waals surface area contributed by atoms with Crippen molar-refractivity contribution in [2.45, 2.75) is 39.4 Å². The van der Waals surface area contributed by atoms with E-state index in [-0.39, 0.29) is 30.4 Å². The zero-order valence-electron chi connectivity index (χ0n) is 17.1. The molecule has 2 atom stereocenters. The van der Waals surface area contributed by atoms with Crippen LogP contribution in [0.15, 0.2) is 42.5 Å². The Balaban J connectivity index is 1.60. The molecule has 0 aliphatic carbocycles. The lowest BCUT2D eigenvalue weighted by molar-refractivity contribution is -0.139. The van der Waals surface area contributed by atoms with Crippen LogP contribution in [0.5, 0.6) is 5.75 Å². The fourth-order valence-corrected chi connectivity index (χ4v) is 3.77. The summed E-state index contributed by atoms with van der Waals surface area (Å²) in [5.74, 6) is 0.134. The Morgan fingerprint density at radius 1 is 1.14 bits per heavy atom. The molecule has 1 heterocycles. The fourth-order valence-electron chi connectivity index (χ4n) is 3.77. The van der Waals surface area contributed by atoms with Gasteiger partial charge in [0.05, 0.1) is 5.56 Å². The van der Waals surface area contributed by atoms with Crippen molar-refractivity contribution in [3.05, 3.63) is 65.0 Å². The molecule has 29 heavy (non-hydrogen) atoms. The van der Waals surface area contributed by atoms with Gasteiger partial charge in [-0.15, -0.1) is 0 Å². The zero-order chi connectivity index (χ0) is 21.0. The minimum atomic E-state index is -0.239. The van der Waals surface area contributed by atoms with Gasteiger partial charge in [-0.25, -0.2) is 4.39 Å². The molecule has 0 N–H and O–H groups in total. The van der Waals surface area contributed by atoms with E-state index in [1.54, 1.807) is 24.3 Å². The molecule has 1 saturated heterocycles. The van der Waals surface area contributed by atoms with E-state index in [2.05, 4.69) is 11.8 Å². The van der Waals surface area contributed by atoms with Gasteiger partial charge in [0.25, 0.3) is 5.91 Å². The smallest absolute Gasteiger partial charge is 0.260 e. The third kappa shape index (κ3) is 5.01. The van der Waals surface area contributed by atoms with E-state index in [9.17, 15) is 14.0 Å². The summed E-state index contributed by atoms with van der Waals surface area (Å²) < 4.78 is 18.8. The molecule has 0 unspecified atom stereocenters. The number of rotatable bonds is 6. The molecule has 2 aromatic carbocycles. The van der Waals surface area contributed by atoms with Crippen molar-refractivity contribution in [1.82, 2.24) is 9.80 Å². The number of para-hydroxylation sites is 1. The number of ether oxygens (including phenoxy) is 1. The van der Waals surface area contributed by atoms with Crippen molar-refractivity contribution >= 4 is 12.2 Å². The largest absolute Gasteiger partial charge is 0.483 e. The Morgan fingerprint density at radius 2 is 1.86 bits per heavy atom. The second-order valence-electron chi connectivity index (χ2n) is 7.70. The van der Waals surface area contributed by atoms with Crippen LogP contribution < -0.4 is 4.74 Å². The van der Waals surface area contributed by atoms with Crippen molar-refractivity contribution < 1.29 is 18.7 Å². The summed E-state index contributed by atoms with van der Waals surface area (Å²) >= 11 is 0. The highest BCUT2D eigenvalue weighted by Crippen LogP contribution is 2.23. The molecule has 5 nitrogen and oxygen atoms in total. The van der Waals surface area contributed by atoms with Gasteiger partial charge in [-0.05, 0) is 50.1 Å². The average molecular weight is 398 g/mol. The van der Waals surface area contributed by atoms with Gasteiger partial charge in [-0.2, -0.15) is 0 Å². The molecule has 0 spiro atoms. The van der Waals surface area contributed by atoms with Crippen LogP contribution in [0.3, 0.4) is 0 Å². The predicted molar refractivity (Wildman–Crippen MR) is 110 cm³/mol. The molecule has 1 aliphatic rings. The third-order valence-corrected chi connectivity index (χ3v) is 5.44. The van der Waals surface area contributed by atoms with Crippen molar-refractivity contribution in [2.75, 3.05) is 19.7 Å². The van der Waals surface area contributed by atoms with Crippen molar-refractivity contribution in [3.8, 4) is 5.75 Å². The van der Waals surface area contributed by atoms with Crippen LogP contribution >= 0.6 is 0 Å². The molecular formula is C23H27FN2O3. The lowest BCUT2D eigenvalue weighted by Gasteiger charge is -2.44. The van der Waals surface area contributed by atoms with E-state index in [0.717, 1.165) is 30.5 Å². The Bertz CT molecular complexity index is 869. The molecule has 0 bridgehead atoms. The van der Waals surface area contributed by atoms with Crippen LogP contribution in [0.1, 0.15) is 35.3 Å². The Labute approximate surface area is 171 Å². The number of hydrogen-bond acceptors (Lipinski definition) is 4. The van der Waals surface area contributed by atoms with Gasteiger partial charge < -0.3 is 9.64 Å². The molecular weight excluding hydrogens is 371 g/mol. The number of carbonyl (C=O) groups excluding carboxylic acids is 2. The number of amides is 1. The number of aryl methyl sites for hydroxylation is 1. The van der Waals surface area contributed by atoms with E-state index >= 15 is 0 Å². The molecule has 1 fully saturated rings. The van der Waals surface area contributed by atoms with Gasteiger partial charge in [-0.1, -0.05) is 24.3 Å². The number of nitrogens with zero attached hydrogens (tertiary/aromatic N) is 2. The van der Waals surface area contributed by atoms with Gasteiger partial charge >= 0.3 is 0 Å². The molecule has 3 rings (SSSR count). The monoisotopic (exact) mass is 398 g/mol. The highest BCUT2D eigenvalue weighted by molar-refractivity contribution is 5.81. The normalized spacial score (nSPS) is 19.8. The molecule has 0 radical (unpaired) electrons.